The van der Waals surface area contributed by atoms with Crippen LogP contribution in [0.3, 0.4) is 0 Å². The number of nitrogens with zero attached hydrogens (tertiary/aromatic N) is 3. The van der Waals surface area contributed by atoms with Gasteiger partial charge in [-0.05, 0) is 0 Å². The number of nitrogens with one attached hydrogen (secondary N) is 1. The van der Waals surface area contributed by atoms with Crippen molar-refractivity contribution in [3.63, 3.8) is 0 Å². The van der Waals surface area contributed by atoms with Crippen LogP contribution in [0.4, 0.5) is 5.82 Å². The first kappa shape index (κ1) is 12.0. The standard InChI is InChI=1S/C11H15ClN4O2/c12-10-9-11(14-7-13-10)15-8(6-18-9)5-16-1-3-17-4-2-16/h7-8H,1-6H2,(H,13,14,15). The Morgan fingerprint density at radius 3 is 3.06 bits per heavy atom. The van der Waals surface area contributed by atoms with Crippen LogP contribution in [0.15, 0.2) is 6.33 Å². The maximum absolute atomic E-state index is 5.94. The van der Waals surface area contributed by atoms with Crippen molar-refractivity contribution >= 4 is 17.4 Å². The molecule has 0 radical (unpaired) electrons. The van der Waals surface area contributed by atoms with E-state index in [1.54, 1.807) is 0 Å². The summed E-state index contributed by atoms with van der Waals surface area (Å²) in [6.07, 6.45) is 1.44. The van der Waals surface area contributed by atoms with Crippen LogP contribution >= 0.6 is 11.6 Å². The SMILES string of the molecule is Clc1ncnc2c1OCC(CN1CCOCC1)N2. The van der Waals surface area contributed by atoms with Crippen molar-refractivity contribution in [1.29, 1.82) is 0 Å². The molecule has 3 heterocycles. The van der Waals surface area contributed by atoms with E-state index in [4.69, 9.17) is 21.1 Å². The molecule has 1 aromatic rings. The Labute approximate surface area is 110 Å². The van der Waals surface area contributed by atoms with Gasteiger partial charge in [-0.1, -0.05) is 11.6 Å². The molecule has 1 unspecified atom stereocenters. The third kappa shape index (κ3) is 2.50. The number of halogens is 1. The lowest BCUT2D eigenvalue weighted by molar-refractivity contribution is 0.0336. The highest BCUT2D eigenvalue weighted by molar-refractivity contribution is 6.31. The van der Waals surface area contributed by atoms with Gasteiger partial charge in [-0.25, -0.2) is 9.97 Å². The molecule has 0 bridgehead atoms. The van der Waals surface area contributed by atoms with E-state index in [1.807, 2.05) is 0 Å². The number of anilines is 1. The maximum Gasteiger partial charge on any atom is 0.199 e. The van der Waals surface area contributed by atoms with Crippen molar-refractivity contribution < 1.29 is 9.47 Å². The van der Waals surface area contributed by atoms with Gasteiger partial charge in [-0.2, -0.15) is 0 Å². The second-order valence-electron chi connectivity index (χ2n) is 4.41. The van der Waals surface area contributed by atoms with Crippen molar-refractivity contribution in [2.75, 3.05) is 44.8 Å². The van der Waals surface area contributed by atoms with Crippen molar-refractivity contribution in [2.24, 2.45) is 0 Å². The third-order valence-corrected chi connectivity index (χ3v) is 3.38. The Bertz CT molecular complexity index is 426. The van der Waals surface area contributed by atoms with E-state index in [0.29, 0.717) is 23.3 Å². The smallest absolute Gasteiger partial charge is 0.199 e. The number of rotatable bonds is 2. The highest BCUT2D eigenvalue weighted by Crippen LogP contribution is 2.32. The average molecular weight is 271 g/mol. The maximum atomic E-state index is 5.94. The molecule has 1 N–H and O–H groups in total. The molecule has 1 saturated heterocycles. The van der Waals surface area contributed by atoms with E-state index < -0.39 is 0 Å². The van der Waals surface area contributed by atoms with Crippen LogP contribution < -0.4 is 10.1 Å². The van der Waals surface area contributed by atoms with Crippen LogP contribution in [-0.4, -0.2) is 60.4 Å². The van der Waals surface area contributed by atoms with Gasteiger partial charge in [0.05, 0.1) is 19.3 Å². The highest BCUT2D eigenvalue weighted by atomic mass is 35.5. The molecule has 2 aliphatic rings. The molecule has 0 aliphatic carbocycles. The van der Waals surface area contributed by atoms with E-state index in [0.717, 1.165) is 32.8 Å². The van der Waals surface area contributed by atoms with E-state index in [1.165, 1.54) is 6.33 Å². The number of ether oxygens (including phenoxy) is 2. The fourth-order valence-electron chi connectivity index (χ4n) is 2.20. The minimum Gasteiger partial charge on any atom is -0.485 e. The zero-order valence-corrected chi connectivity index (χ0v) is 10.7. The fraction of sp³-hybridized carbons (Fsp3) is 0.636. The van der Waals surface area contributed by atoms with Gasteiger partial charge in [0.25, 0.3) is 0 Å². The van der Waals surface area contributed by atoms with Gasteiger partial charge in [-0.3, -0.25) is 4.90 Å². The lowest BCUT2D eigenvalue weighted by Gasteiger charge is -2.33. The van der Waals surface area contributed by atoms with Crippen LogP contribution in [0.25, 0.3) is 0 Å². The van der Waals surface area contributed by atoms with E-state index in [-0.39, 0.29) is 6.04 Å². The predicted octanol–water partition coefficient (Wildman–Crippen LogP) is 0.635. The van der Waals surface area contributed by atoms with Crippen molar-refractivity contribution in [3.05, 3.63) is 11.5 Å². The minimum atomic E-state index is 0.224. The van der Waals surface area contributed by atoms with Crippen LogP contribution in [0, 0.1) is 0 Å². The molecular formula is C11H15ClN4O2. The summed E-state index contributed by atoms with van der Waals surface area (Å²) in [5.74, 6) is 1.23. The number of hydrogen-bond acceptors (Lipinski definition) is 6. The van der Waals surface area contributed by atoms with Crippen molar-refractivity contribution in [3.8, 4) is 5.75 Å². The van der Waals surface area contributed by atoms with Crippen molar-refractivity contribution in [2.45, 2.75) is 6.04 Å². The van der Waals surface area contributed by atoms with Crippen molar-refractivity contribution in [1.82, 2.24) is 14.9 Å². The summed E-state index contributed by atoms with van der Waals surface area (Å²) in [5.41, 5.74) is 0. The zero-order valence-electron chi connectivity index (χ0n) is 9.93. The monoisotopic (exact) mass is 270 g/mol. The van der Waals surface area contributed by atoms with E-state index in [2.05, 4.69) is 20.2 Å². The molecular weight excluding hydrogens is 256 g/mol. The fourth-order valence-corrected chi connectivity index (χ4v) is 2.38. The first-order valence-electron chi connectivity index (χ1n) is 6.03. The highest BCUT2D eigenvalue weighted by Gasteiger charge is 2.25. The quantitative estimate of drug-likeness (QED) is 0.796. The summed E-state index contributed by atoms with van der Waals surface area (Å²) < 4.78 is 11.0. The predicted molar refractivity (Wildman–Crippen MR) is 67.2 cm³/mol. The second kappa shape index (κ2) is 5.26. The first-order chi connectivity index (χ1) is 8.83. The van der Waals surface area contributed by atoms with Crippen LogP contribution in [0.2, 0.25) is 5.15 Å². The summed E-state index contributed by atoms with van der Waals surface area (Å²) in [4.78, 5) is 10.4. The number of hydrogen-bond donors (Lipinski definition) is 1. The number of morpholine rings is 1. The molecule has 18 heavy (non-hydrogen) atoms. The number of aromatic nitrogens is 2. The summed E-state index contributed by atoms with van der Waals surface area (Å²) in [5, 5.41) is 3.70. The molecule has 0 aromatic carbocycles. The average Bonchev–Trinajstić information content (AvgIpc) is 2.40. The summed E-state index contributed by atoms with van der Waals surface area (Å²) in [7, 11) is 0. The van der Waals surface area contributed by atoms with E-state index >= 15 is 0 Å². The van der Waals surface area contributed by atoms with Gasteiger partial charge in [0.15, 0.2) is 16.7 Å². The molecule has 0 amide bonds. The third-order valence-electron chi connectivity index (χ3n) is 3.11. The van der Waals surface area contributed by atoms with Gasteiger partial charge in [0.2, 0.25) is 0 Å². The normalized spacial score (nSPS) is 23.9. The van der Waals surface area contributed by atoms with Gasteiger partial charge < -0.3 is 14.8 Å². The molecule has 3 rings (SSSR count). The second-order valence-corrected chi connectivity index (χ2v) is 4.77. The lowest BCUT2D eigenvalue weighted by atomic mass is 10.2. The first-order valence-corrected chi connectivity index (χ1v) is 6.40. The Kier molecular flexibility index (Phi) is 3.49. The topological polar surface area (TPSA) is 59.5 Å². The Hall–Kier alpha value is -1.11. The Balaban J connectivity index is 1.64. The molecule has 1 atom stereocenters. The molecule has 0 saturated carbocycles. The van der Waals surface area contributed by atoms with Crippen LogP contribution in [0.1, 0.15) is 0 Å². The largest absolute Gasteiger partial charge is 0.485 e. The van der Waals surface area contributed by atoms with Gasteiger partial charge in [-0.15, -0.1) is 0 Å². The Morgan fingerprint density at radius 1 is 1.39 bits per heavy atom. The zero-order chi connectivity index (χ0) is 12.4. The summed E-state index contributed by atoms with van der Waals surface area (Å²) in [6.45, 7) is 5.04. The summed E-state index contributed by atoms with van der Waals surface area (Å²) in [6, 6.07) is 0.224. The lowest BCUT2D eigenvalue weighted by Crippen LogP contribution is -2.46. The van der Waals surface area contributed by atoms with Crippen LogP contribution in [0.5, 0.6) is 5.75 Å². The minimum absolute atomic E-state index is 0.224. The summed E-state index contributed by atoms with van der Waals surface area (Å²) >= 11 is 5.94. The van der Waals surface area contributed by atoms with Gasteiger partial charge in [0, 0.05) is 19.6 Å². The van der Waals surface area contributed by atoms with Gasteiger partial charge >= 0.3 is 0 Å². The molecule has 1 aromatic heterocycles. The molecule has 7 heteroatoms. The Morgan fingerprint density at radius 2 is 2.22 bits per heavy atom. The molecule has 6 nitrogen and oxygen atoms in total. The van der Waals surface area contributed by atoms with E-state index in [9.17, 15) is 0 Å². The molecule has 1 fully saturated rings. The molecule has 98 valence electrons. The molecule has 2 aliphatic heterocycles. The van der Waals surface area contributed by atoms with Gasteiger partial charge in [0.1, 0.15) is 12.9 Å². The van der Waals surface area contributed by atoms with Crippen LogP contribution in [-0.2, 0) is 4.74 Å². The number of fused-ring (bicyclic) bond motifs is 1. The molecule has 0 spiro atoms.